The largest absolute Gasteiger partial charge is 0.497 e. The maximum absolute atomic E-state index is 13.2. The molecule has 36 heavy (non-hydrogen) atoms. The molecule has 0 aliphatic carbocycles. The van der Waals surface area contributed by atoms with Gasteiger partial charge in [-0.2, -0.15) is 23.3 Å². The highest BCUT2D eigenvalue weighted by Gasteiger charge is 2.34. The van der Waals surface area contributed by atoms with Gasteiger partial charge in [-0.3, -0.25) is 4.79 Å². The molecule has 1 aromatic carbocycles. The zero-order chi connectivity index (χ0) is 26.0. The lowest BCUT2D eigenvalue weighted by atomic mass is 10.1. The summed E-state index contributed by atoms with van der Waals surface area (Å²) in [5.74, 6) is -0.684. The molecular weight excluding hydrogens is 485 g/mol. The van der Waals surface area contributed by atoms with Crippen molar-refractivity contribution in [3.63, 3.8) is 0 Å². The van der Waals surface area contributed by atoms with Crippen LogP contribution in [-0.4, -0.2) is 50.0 Å². The van der Waals surface area contributed by atoms with Gasteiger partial charge in [-0.15, -0.1) is 0 Å². The summed E-state index contributed by atoms with van der Waals surface area (Å²) in [5.41, 5.74) is -1.87. The summed E-state index contributed by atoms with van der Waals surface area (Å²) in [6.45, 7) is 0. The summed E-state index contributed by atoms with van der Waals surface area (Å²) in [6.07, 6.45) is -1.19. The lowest BCUT2D eigenvalue weighted by Crippen LogP contribution is -2.17. The van der Waals surface area contributed by atoms with Crippen molar-refractivity contribution in [1.82, 2.24) is 24.7 Å². The van der Waals surface area contributed by atoms with Crippen LogP contribution in [0.1, 0.15) is 16.1 Å². The van der Waals surface area contributed by atoms with Crippen LogP contribution in [0.15, 0.2) is 53.7 Å². The van der Waals surface area contributed by atoms with Gasteiger partial charge in [0.25, 0.3) is 5.56 Å². The molecule has 4 aromatic rings. The molecule has 3 heterocycles. The third kappa shape index (κ3) is 4.96. The van der Waals surface area contributed by atoms with E-state index in [1.54, 1.807) is 18.2 Å². The molecule has 0 spiro atoms. The van der Waals surface area contributed by atoms with Gasteiger partial charge in [-0.25, -0.2) is 14.5 Å². The molecule has 186 valence electrons. The number of nitrogens with one attached hydrogen (secondary N) is 2. The highest BCUT2D eigenvalue weighted by molar-refractivity contribution is 5.89. The molecule has 0 bridgehead atoms. The van der Waals surface area contributed by atoms with Gasteiger partial charge in [0.05, 0.1) is 14.2 Å². The van der Waals surface area contributed by atoms with Crippen molar-refractivity contribution in [3.05, 3.63) is 70.5 Å². The van der Waals surface area contributed by atoms with Crippen molar-refractivity contribution in [2.75, 3.05) is 19.5 Å². The molecule has 0 unspecified atom stereocenters. The van der Waals surface area contributed by atoms with E-state index in [1.165, 1.54) is 26.6 Å². The number of carboxylic acid groups (broad SMARTS) is 1. The molecule has 11 nitrogen and oxygen atoms in total. The zero-order valence-corrected chi connectivity index (χ0v) is 18.6. The Labute approximate surface area is 200 Å². The zero-order valence-electron chi connectivity index (χ0n) is 18.6. The van der Waals surface area contributed by atoms with Crippen LogP contribution in [0.4, 0.5) is 24.8 Å². The lowest BCUT2D eigenvalue weighted by molar-refractivity contribution is -0.141. The summed E-state index contributed by atoms with van der Waals surface area (Å²) in [6, 6.07) is 6.71. The van der Waals surface area contributed by atoms with E-state index in [4.69, 9.17) is 9.47 Å². The summed E-state index contributed by atoms with van der Waals surface area (Å²) in [7, 11) is 2.93. The summed E-state index contributed by atoms with van der Waals surface area (Å²) in [5, 5.41) is 15.8. The van der Waals surface area contributed by atoms with Crippen molar-refractivity contribution in [2.24, 2.45) is 0 Å². The quantitative estimate of drug-likeness (QED) is 0.346. The Balaban J connectivity index is 1.85. The van der Waals surface area contributed by atoms with Gasteiger partial charge in [0.15, 0.2) is 11.5 Å². The number of carbonyl (C=O) groups is 1. The number of aromatic nitrogens is 5. The Morgan fingerprint density at radius 2 is 1.83 bits per heavy atom. The number of hydrogen-bond donors (Lipinski definition) is 3. The predicted molar refractivity (Wildman–Crippen MR) is 120 cm³/mol. The summed E-state index contributed by atoms with van der Waals surface area (Å²) >= 11 is 0. The molecule has 3 aromatic heterocycles. The number of benzene rings is 1. The minimum atomic E-state index is -4.70. The molecule has 3 N–H and O–H groups in total. The molecular formula is C22H17F3N6O5. The van der Waals surface area contributed by atoms with Crippen molar-refractivity contribution < 1.29 is 32.5 Å². The van der Waals surface area contributed by atoms with Crippen molar-refractivity contribution in [3.8, 4) is 28.4 Å². The highest BCUT2D eigenvalue weighted by Crippen LogP contribution is 2.31. The second kappa shape index (κ2) is 9.40. The van der Waals surface area contributed by atoms with Gasteiger partial charge in [0.2, 0.25) is 5.95 Å². The van der Waals surface area contributed by atoms with Crippen LogP contribution in [0.3, 0.4) is 0 Å². The van der Waals surface area contributed by atoms with Crippen LogP contribution in [0.2, 0.25) is 0 Å². The van der Waals surface area contributed by atoms with E-state index in [0.29, 0.717) is 17.2 Å². The molecule has 0 saturated heterocycles. The van der Waals surface area contributed by atoms with Gasteiger partial charge < -0.3 is 24.9 Å². The van der Waals surface area contributed by atoms with Gasteiger partial charge in [-0.05, 0) is 12.1 Å². The molecule has 0 saturated carbocycles. The number of methoxy groups -OCH3 is 2. The number of carboxylic acids is 1. The van der Waals surface area contributed by atoms with Crippen LogP contribution in [0.25, 0.3) is 16.9 Å². The van der Waals surface area contributed by atoms with E-state index >= 15 is 0 Å². The average Bonchev–Trinajstić information content (AvgIpc) is 3.35. The lowest BCUT2D eigenvalue weighted by Gasteiger charge is -2.13. The standard InChI is InChI=1S/C22H17F3N6O5/c1-35-13-6-12(7-14(8-13)36-2)28-21-27-10-16(11-5-15(20(33)34)19(32)26-9-11)18(29-21)31-4-3-17(30-31)22(23,24)25/h3-10H,1-2H3,(H,26,32)(H,33,34)(H,27,28,29). The van der Waals surface area contributed by atoms with Crippen LogP contribution < -0.4 is 20.3 Å². The number of halogens is 3. The first-order valence-electron chi connectivity index (χ1n) is 10.1. The van der Waals surface area contributed by atoms with E-state index < -0.39 is 29.0 Å². The smallest absolute Gasteiger partial charge is 0.435 e. The van der Waals surface area contributed by atoms with E-state index in [9.17, 15) is 27.9 Å². The minimum absolute atomic E-state index is 0.0176. The number of ether oxygens (including phenoxy) is 2. The number of aromatic carboxylic acids is 1. The van der Waals surface area contributed by atoms with Crippen LogP contribution in [0.5, 0.6) is 11.5 Å². The first-order chi connectivity index (χ1) is 17.1. The number of rotatable bonds is 7. The Bertz CT molecular complexity index is 1480. The van der Waals surface area contributed by atoms with E-state index in [0.717, 1.165) is 23.0 Å². The number of aromatic amines is 1. The molecule has 0 amide bonds. The Kier molecular flexibility index (Phi) is 6.33. The molecule has 0 fully saturated rings. The monoisotopic (exact) mass is 502 g/mol. The third-order valence-electron chi connectivity index (χ3n) is 4.92. The van der Waals surface area contributed by atoms with Gasteiger partial charge in [0, 0.05) is 53.6 Å². The van der Waals surface area contributed by atoms with Crippen molar-refractivity contribution in [1.29, 1.82) is 0 Å². The van der Waals surface area contributed by atoms with Crippen LogP contribution in [-0.2, 0) is 6.18 Å². The maximum atomic E-state index is 13.2. The average molecular weight is 502 g/mol. The number of anilines is 2. The van der Waals surface area contributed by atoms with E-state index in [2.05, 4.69) is 25.4 Å². The fourth-order valence-corrected chi connectivity index (χ4v) is 3.21. The third-order valence-corrected chi connectivity index (χ3v) is 4.92. The summed E-state index contributed by atoms with van der Waals surface area (Å²) in [4.78, 5) is 34.0. The molecule has 0 aliphatic rings. The molecule has 0 aliphatic heterocycles. The maximum Gasteiger partial charge on any atom is 0.435 e. The highest BCUT2D eigenvalue weighted by atomic mass is 19.4. The SMILES string of the molecule is COc1cc(Nc2ncc(-c3c[nH]c(=O)c(C(=O)O)c3)c(-n3ccc(C(F)(F)F)n3)n2)cc(OC)c1. The van der Waals surface area contributed by atoms with Crippen LogP contribution >= 0.6 is 0 Å². The molecule has 0 radical (unpaired) electrons. The Hall–Kier alpha value is -4.88. The van der Waals surface area contributed by atoms with Crippen LogP contribution in [0, 0.1) is 0 Å². The Morgan fingerprint density at radius 3 is 2.42 bits per heavy atom. The minimum Gasteiger partial charge on any atom is -0.497 e. The van der Waals surface area contributed by atoms with Gasteiger partial charge in [-0.1, -0.05) is 0 Å². The molecule has 14 heteroatoms. The topological polar surface area (TPSA) is 144 Å². The second-order valence-electron chi connectivity index (χ2n) is 7.24. The van der Waals surface area contributed by atoms with Gasteiger partial charge in [0.1, 0.15) is 17.1 Å². The number of pyridine rings is 1. The van der Waals surface area contributed by atoms with Crippen molar-refractivity contribution >= 4 is 17.6 Å². The number of hydrogen-bond acceptors (Lipinski definition) is 8. The first kappa shape index (κ1) is 24.3. The van der Waals surface area contributed by atoms with E-state index in [-0.39, 0.29) is 22.9 Å². The van der Waals surface area contributed by atoms with Gasteiger partial charge >= 0.3 is 12.1 Å². The predicted octanol–water partition coefficient (Wildman–Crippen LogP) is 3.50. The fourth-order valence-electron chi connectivity index (χ4n) is 3.21. The fraction of sp³-hybridized carbons (Fsp3) is 0.136. The molecule has 0 atom stereocenters. The number of H-pyrrole nitrogens is 1. The normalized spacial score (nSPS) is 11.2. The Morgan fingerprint density at radius 1 is 1.14 bits per heavy atom. The molecule has 4 rings (SSSR count). The second-order valence-corrected chi connectivity index (χ2v) is 7.24. The summed E-state index contributed by atoms with van der Waals surface area (Å²) < 4.78 is 50.9. The van der Waals surface area contributed by atoms with E-state index in [1.807, 2.05) is 0 Å². The first-order valence-corrected chi connectivity index (χ1v) is 10.1. The van der Waals surface area contributed by atoms with Crippen molar-refractivity contribution in [2.45, 2.75) is 6.18 Å². The number of alkyl halides is 3. The number of nitrogens with zero attached hydrogens (tertiary/aromatic N) is 4.